The summed E-state index contributed by atoms with van der Waals surface area (Å²) in [4.78, 5) is 84.1. The number of nitrogens with one attached hydrogen (secondary N) is 3. The fraction of sp³-hybridized carbons (Fsp3) is 0.500. The summed E-state index contributed by atoms with van der Waals surface area (Å²) in [5.74, 6) is -3.34. The molecule has 3 aromatic rings. The predicted octanol–water partition coefficient (Wildman–Crippen LogP) is 2.04. The molecule has 0 spiro atoms. The average Bonchev–Trinajstić information content (AvgIpc) is 3.88. The van der Waals surface area contributed by atoms with E-state index in [1.165, 1.54) is 42.7 Å². The number of aromatic amines is 3. The van der Waals surface area contributed by atoms with Crippen LogP contribution in [0.2, 0.25) is 0 Å². The van der Waals surface area contributed by atoms with Crippen molar-refractivity contribution in [2.75, 3.05) is 42.7 Å². The Labute approximate surface area is 335 Å². The van der Waals surface area contributed by atoms with Crippen LogP contribution in [0.25, 0.3) is 0 Å². The molecule has 312 valence electrons. The standard InChI is InChI=1S/C40H49N5O13/c1-53-34(47)10-7-24-23(13-37(50)56-4)19-43-31(24)17-40(21-41,22-42)18-32-28(15-39(52)58-6)25(8-11-35(48)54-2)29(44-32)16-30-27(14-38(51)57-5)26(33(20-46)45-30)9-12-36(49)55-3/h19,43-46H,7-18,20H2,1-6H3. The van der Waals surface area contributed by atoms with Gasteiger partial charge in [0.25, 0.3) is 0 Å². The van der Waals surface area contributed by atoms with Crippen LogP contribution in [0.1, 0.15) is 81.1 Å². The topological polar surface area (TPSA) is 273 Å². The minimum atomic E-state index is -1.80. The largest absolute Gasteiger partial charge is 0.469 e. The molecule has 0 saturated heterocycles. The molecule has 18 nitrogen and oxygen atoms in total. The number of hydrogen-bond donors (Lipinski definition) is 4. The van der Waals surface area contributed by atoms with Crippen molar-refractivity contribution >= 4 is 35.8 Å². The zero-order valence-electron chi connectivity index (χ0n) is 33.5. The summed E-state index contributed by atoms with van der Waals surface area (Å²) < 4.78 is 29.3. The summed E-state index contributed by atoms with van der Waals surface area (Å²) >= 11 is 0. The molecule has 4 N–H and O–H groups in total. The molecule has 0 aliphatic carbocycles. The molecule has 0 unspecified atom stereocenters. The fourth-order valence-corrected chi connectivity index (χ4v) is 6.86. The van der Waals surface area contributed by atoms with Crippen molar-refractivity contribution in [1.29, 1.82) is 10.5 Å². The second-order valence-corrected chi connectivity index (χ2v) is 13.3. The highest BCUT2D eigenvalue weighted by molar-refractivity contribution is 5.76. The number of rotatable bonds is 22. The number of carbonyl (C=O) groups excluding carboxylic acids is 6. The summed E-state index contributed by atoms with van der Waals surface area (Å²) in [6, 6.07) is 4.29. The molecule has 58 heavy (non-hydrogen) atoms. The minimum Gasteiger partial charge on any atom is -0.469 e. The van der Waals surface area contributed by atoms with Gasteiger partial charge in [-0.2, -0.15) is 10.5 Å². The van der Waals surface area contributed by atoms with Gasteiger partial charge < -0.3 is 48.5 Å². The summed E-state index contributed by atoms with van der Waals surface area (Å²) in [6.45, 7) is -0.460. The Bertz CT molecular complexity index is 2050. The van der Waals surface area contributed by atoms with Gasteiger partial charge >= 0.3 is 35.8 Å². The highest BCUT2D eigenvalue weighted by atomic mass is 16.5. The quantitative estimate of drug-likeness (QED) is 0.0835. The maximum absolute atomic E-state index is 12.9. The first-order chi connectivity index (χ1) is 27.7. The van der Waals surface area contributed by atoms with Gasteiger partial charge in [-0.15, -0.1) is 0 Å². The third-order valence-corrected chi connectivity index (χ3v) is 9.94. The summed E-state index contributed by atoms with van der Waals surface area (Å²) in [5.41, 5.74) is 3.10. The van der Waals surface area contributed by atoms with Crippen LogP contribution in [0.4, 0.5) is 0 Å². The fourth-order valence-electron chi connectivity index (χ4n) is 6.86. The Morgan fingerprint density at radius 3 is 1.41 bits per heavy atom. The van der Waals surface area contributed by atoms with E-state index in [-0.39, 0.29) is 77.0 Å². The van der Waals surface area contributed by atoms with Gasteiger partial charge in [0, 0.05) is 73.2 Å². The third kappa shape index (κ3) is 11.8. The van der Waals surface area contributed by atoms with Crippen molar-refractivity contribution in [3.63, 3.8) is 0 Å². The number of aliphatic hydroxyl groups is 1. The average molecular weight is 808 g/mol. The normalized spacial score (nSPS) is 10.9. The molecule has 0 saturated carbocycles. The molecule has 0 aromatic carbocycles. The van der Waals surface area contributed by atoms with Gasteiger partial charge in [0.05, 0.1) is 80.7 Å². The number of methoxy groups -OCH3 is 6. The Kier molecular flexibility index (Phi) is 17.3. The molecule has 0 bridgehead atoms. The molecule has 0 aliphatic rings. The molecule has 0 aliphatic heterocycles. The van der Waals surface area contributed by atoms with E-state index in [4.69, 9.17) is 28.4 Å². The van der Waals surface area contributed by atoms with Crippen molar-refractivity contribution in [2.45, 2.75) is 83.7 Å². The van der Waals surface area contributed by atoms with Crippen molar-refractivity contribution < 1.29 is 62.3 Å². The lowest BCUT2D eigenvalue weighted by Crippen LogP contribution is -2.25. The monoisotopic (exact) mass is 807 g/mol. The first-order valence-corrected chi connectivity index (χ1v) is 18.2. The highest BCUT2D eigenvalue weighted by Crippen LogP contribution is 2.35. The smallest absolute Gasteiger partial charge is 0.310 e. The van der Waals surface area contributed by atoms with E-state index in [1.807, 2.05) is 0 Å². The zero-order valence-corrected chi connectivity index (χ0v) is 33.5. The van der Waals surface area contributed by atoms with Crippen LogP contribution >= 0.6 is 0 Å². The van der Waals surface area contributed by atoms with Crippen molar-refractivity contribution in [3.8, 4) is 12.1 Å². The van der Waals surface area contributed by atoms with Gasteiger partial charge in [-0.3, -0.25) is 28.8 Å². The van der Waals surface area contributed by atoms with E-state index in [0.29, 0.717) is 61.9 Å². The number of nitriles is 2. The van der Waals surface area contributed by atoms with Crippen molar-refractivity contribution in [2.24, 2.45) is 5.41 Å². The summed E-state index contributed by atoms with van der Waals surface area (Å²) in [7, 11) is 7.39. The number of ether oxygens (including phenoxy) is 6. The minimum absolute atomic E-state index is 0.0134. The first kappa shape index (κ1) is 46.0. The van der Waals surface area contributed by atoms with Gasteiger partial charge in [-0.1, -0.05) is 0 Å². The van der Waals surface area contributed by atoms with E-state index in [2.05, 4.69) is 27.1 Å². The van der Waals surface area contributed by atoms with Gasteiger partial charge in [0.15, 0.2) is 5.41 Å². The van der Waals surface area contributed by atoms with Crippen LogP contribution < -0.4 is 0 Å². The Morgan fingerprint density at radius 2 is 0.948 bits per heavy atom. The van der Waals surface area contributed by atoms with Crippen molar-refractivity contribution in [1.82, 2.24) is 15.0 Å². The predicted molar refractivity (Wildman–Crippen MR) is 200 cm³/mol. The molecular formula is C40H49N5O13. The zero-order chi connectivity index (χ0) is 43.0. The van der Waals surface area contributed by atoms with Gasteiger partial charge in [-0.05, 0) is 52.6 Å². The second-order valence-electron chi connectivity index (χ2n) is 13.3. The van der Waals surface area contributed by atoms with Crippen LogP contribution in [-0.4, -0.2) is 98.5 Å². The lowest BCUT2D eigenvalue weighted by atomic mass is 9.79. The lowest BCUT2D eigenvalue weighted by molar-refractivity contribution is -0.141. The molecule has 0 radical (unpaired) electrons. The number of esters is 6. The van der Waals surface area contributed by atoms with Gasteiger partial charge in [0.2, 0.25) is 0 Å². The van der Waals surface area contributed by atoms with Gasteiger partial charge in [0.1, 0.15) is 0 Å². The molecule has 0 fully saturated rings. The molecule has 18 heteroatoms. The van der Waals surface area contributed by atoms with E-state index in [1.54, 1.807) is 6.20 Å². The third-order valence-electron chi connectivity index (χ3n) is 9.94. The number of aliphatic hydroxyl groups excluding tert-OH is 1. The summed E-state index contributed by atoms with van der Waals surface area (Å²) in [6.07, 6.45) is 0.545. The van der Waals surface area contributed by atoms with Crippen LogP contribution in [0.15, 0.2) is 6.20 Å². The van der Waals surface area contributed by atoms with E-state index in [9.17, 15) is 44.4 Å². The number of nitrogens with zero attached hydrogens (tertiary/aromatic N) is 2. The Hall–Kier alpha value is -6.40. The van der Waals surface area contributed by atoms with E-state index >= 15 is 0 Å². The summed E-state index contributed by atoms with van der Waals surface area (Å²) in [5, 5.41) is 31.7. The van der Waals surface area contributed by atoms with Gasteiger partial charge in [-0.25, -0.2) is 0 Å². The number of aromatic nitrogens is 3. The maximum Gasteiger partial charge on any atom is 0.310 e. The van der Waals surface area contributed by atoms with Crippen LogP contribution in [0.3, 0.4) is 0 Å². The first-order valence-electron chi connectivity index (χ1n) is 18.2. The molecule has 3 heterocycles. The molecule has 0 atom stereocenters. The lowest BCUT2D eigenvalue weighted by Gasteiger charge is -2.20. The Morgan fingerprint density at radius 1 is 0.552 bits per heavy atom. The maximum atomic E-state index is 12.9. The molecular weight excluding hydrogens is 758 g/mol. The molecule has 3 aromatic heterocycles. The molecule has 3 rings (SSSR count). The van der Waals surface area contributed by atoms with E-state index in [0.717, 1.165) is 0 Å². The number of hydrogen-bond acceptors (Lipinski definition) is 15. The van der Waals surface area contributed by atoms with Crippen LogP contribution in [0, 0.1) is 28.1 Å². The highest BCUT2D eigenvalue weighted by Gasteiger charge is 2.36. The van der Waals surface area contributed by atoms with E-state index < -0.39 is 47.8 Å². The van der Waals surface area contributed by atoms with Crippen LogP contribution in [-0.2, 0) is 122 Å². The number of carbonyl (C=O) groups is 6. The van der Waals surface area contributed by atoms with Crippen LogP contribution in [0.5, 0.6) is 0 Å². The van der Waals surface area contributed by atoms with Crippen molar-refractivity contribution in [3.05, 3.63) is 68.0 Å². The number of H-pyrrole nitrogens is 3. The SMILES string of the molecule is COC(=O)CCc1c(CC(=O)OC)c[nH]c1CC(C#N)(C#N)Cc1[nH]c(Cc2[nH]c(CO)c(CCC(=O)OC)c2CC(=O)OC)c(CCC(=O)OC)c1CC(=O)OC. The second kappa shape index (κ2) is 21.8. The Balaban J connectivity index is 2.25. The molecule has 0 amide bonds.